The van der Waals surface area contributed by atoms with Crippen molar-refractivity contribution in [1.29, 1.82) is 0 Å². The molecule has 2 N–H and O–H groups in total. The Labute approximate surface area is 192 Å². The second-order valence-electron chi connectivity index (χ2n) is 7.37. The van der Waals surface area contributed by atoms with Crippen LogP contribution in [0, 0.1) is 0 Å². The van der Waals surface area contributed by atoms with Gasteiger partial charge in [-0.1, -0.05) is 0 Å². The first kappa shape index (κ1) is 25.4. The average Bonchev–Trinajstić information content (AvgIpc) is 2.78. The summed E-state index contributed by atoms with van der Waals surface area (Å²) in [6, 6.07) is 13.1. The molecule has 0 radical (unpaired) electrons. The maximum atomic E-state index is 12.0. The van der Waals surface area contributed by atoms with E-state index in [4.69, 9.17) is 14.2 Å². The van der Waals surface area contributed by atoms with Gasteiger partial charge in [0.15, 0.2) is 6.61 Å². The number of hydrogen-bond acceptors (Lipinski definition) is 7. The maximum absolute atomic E-state index is 12.0. The second-order valence-corrected chi connectivity index (χ2v) is 7.37. The van der Waals surface area contributed by atoms with Crippen LogP contribution in [0.4, 0.5) is 11.4 Å². The summed E-state index contributed by atoms with van der Waals surface area (Å²) in [5.41, 5.74) is 1.47. The van der Waals surface area contributed by atoms with E-state index in [1.54, 1.807) is 69.5 Å². The minimum Gasteiger partial charge on any atom is -0.497 e. The second kappa shape index (κ2) is 12.8. The van der Waals surface area contributed by atoms with Gasteiger partial charge in [-0.05, 0) is 68.8 Å². The number of rotatable bonds is 11. The third-order valence-corrected chi connectivity index (χ3v) is 4.27. The van der Waals surface area contributed by atoms with Gasteiger partial charge in [-0.25, -0.2) is 4.79 Å². The SMILES string of the molecule is COc1ccc(NC(=O)COC(=O)CCCC(=O)Nc2ccc(C(=O)OC(C)C)cc2)cc1. The fraction of sp³-hybridized carbons (Fsp3) is 0.333. The van der Waals surface area contributed by atoms with Crippen molar-refractivity contribution < 1.29 is 33.4 Å². The number of nitrogens with one attached hydrogen (secondary N) is 2. The molecule has 0 atom stereocenters. The Kier molecular flexibility index (Phi) is 9.88. The van der Waals surface area contributed by atoms with Crippen molar-refractivity contribution in [3.63, 3.8) is 0 Å². The number of esters is 2. The monoisotopic (exact) mass is 456 g/mol. The van der Waals surface area contributed by atoms with E-state index in [1.165, 1.54) is 0 Å². The number of amides is 2. The molecule has 2 aromatic rings. The molecule has 0 spiro atoms. The smallest absolute Gasteiger partial charge is 0.338 e. The Morgan fingerprint density at radius 1 is 0.818 bits per heavy atom. The van der Waals surface area contributed by atoms with Gasteiger partial charge < -0.3 is 24.8 Å². The molecule has 9 heteroatoms. The molecular weight excluding hydrogens is 428 g/mol. The van der Waals surface area contributed by atoms with Gasteiger partial charge in [0, 0.05) is 24.2 Å². The number of hydrogen-bond donors (Lipinski definition) is 2. The molecule has 0 aliphatic heterocycles. The van der Waals surface area contributed by atoms with Crippen LogP contribution in [0.5, 0.6) is 5.75 Å². The molecule has 0 aliphatic rings. The molecule has 0 bridgehead atoms. The van der Waals surface area contributed by atoms with E-state index in [2.05, 4.69) is 10.6 Å². The standard InChI is InChI=1S/C24H28N2O7/c1-16(2)33-24(30)17-7-9-18(10-8-17)25-21(27)5-4-6-23(29)32-15-22(28)26-19-11-13-20(31-3)14-12-19/h7-14,16H,4-6,15H2,1-3H3,(H,25,27)(H,26,28). The van der Waals surface area contributed by atoms with Crippen molar-refractivity contribution in [2.75, 3.05) is 24.4 Å². The lowest BCUT2D eigenvalue weighted by Crippen LogP contribution is -2.21. The zero-order chi connectivity index (χ0) is 24.2. The van der Waals surface area contributed by atoms with Crippen LogP contribution in [0.1, 0.15) is 43.5 Å². The molecule has 0 unspecified atom stereocenters. The Morgan fingerprint density at radius 2 is 1.39 bits per heavy atom. The van der Waals surface area contributed by atoms with Crippen LogP contribution in [-0.4, -0.2) is 43.6 Å². The third-order valence-electron chi connectivity index (χ3n) is 4.27. The van der Waals surface area contributed by atoms with Crippen LogP contribution in [0.3, 0.4) is 0 Å². The molecule has 2 amide bonds. The molecule has 0 saturated carbocycles. The molecular formula is C24H28N2O7. The van der Waals surface area contributed by atoms with Crippen molar-refractivity contribution >= 4 is 35.1 Å². The number of benzene rings is 2. The lowest BCUT2D eigenvalue weighted by Gasteiger charge is -2.09. The van der Waals surface area contributed by atoms with Crippen LogP contribution >= 0.6 is 0 Å². The fourth-order valence-corrected chi connectivity index (χ4v) is 2.68. The van der Waals surface area contributed by atoms with E-state index < -0.39 is 24.5 Å². The lowest BCUT2D eigenvalue weighted by atomic mass is 10.2. The van der Waals surface area contributed by atoms with Gasteiger partial charge >= 0.3 is 11.9 Å². The molecule has 2 aromatic carbocycles. The van der Waals surface area contributed by atoms with Gasteiger partial charge in [0.1, 0.15) is 5.75 Å². The summed E-state index contributed by atoms with van der Waals surface area (Å²) in [5, 5.41) is 5.30. The molecule has 2 rings (SSSR count). The number of anilines is 2. The summed E-state index contributed by atoms with van der Waals surface area (Å²) in [6.45, 7) is 3.11. The highest BCUT2D eigenvalue weighted by Crippen LogP contribution is 2.15. The van der Waals surface area contributed by atoms with Gasteiger partial charge in [0.05, 0.1) is 18.8 Å². The topological polar surface area (TPSA) is 120 Å². The van der Waals surface area contributed by atoms with Crippen LogP contribution < -0.4 is 15.4 Å². The van der Waals surface area contributed by atoms with Crippen molar-refractivity contribution in [3.8, 4) is 5.75 Å². The summed E-state index contributed by atoms with van der Waals surface area (Å²) in [4.78, 5) is 47.5. The molecule has 33 heavy (non-hydrogen) atoms. The summed E-state index contributed by atoms with van der Waals surface area (Å²) in [5.74, 6) is -1.09. The van der Waals surface area contributed by atoms with Crippen molar-refractivity contribution in [1.82, 2.24) is 0 Å². The first-order valence-corrected chi connectivity index (χ1v) is 10.5. The minimum atomic E-state index is -0.569. The predicted octanol–water partition coefficient (Wildman–Crippen LogP) is 3.55. The number of methoxy groups -OCH3 is 1. The maximum Gasteiger partial charge on any atom is 0.338 e. The number of carbonyl (C=O) groups excluding carboxylic acids is 4. The summed E-state index contributed by atoms with van der Waals surface area (Å²) >= 11 is 0. The predicted molar refractivity (Wildman–Crippen MR) is 122 cm³/mol. The van der Waals surface area contributed by atoms with Gasteiger partial charge in [-0.3, -0.25) is 14.4 Å². The summed E-state index contributed by atoms with van der Waals surface area (Å²) in [6.07, 6.45) is 0.156. The lowest BCUT2D eigenvalue weighted by molar-refractivity contribution is -0.147. The van der Waals surface area contributed by atoms with E-state index >= 15 is 0 Å². The molecule has 0 aliphatic carbocycles. The molecule has 9 nitrogen and oxygen atoms in total. The van der Waals surface area contributed by atoms with Crippen molar-refractivity contribution in [2.45, 2.75) is 39.2 Å². The largest absolute Gasteiger partial charge is 0.497 e. The Balaban J connectivity index is 1.64. The van der Waals surface area contributed by atoms with Gasteiger partial charge in [-0.2, -0.15) is 0 Å². The minimum absolute atomic E-state index is 0.00319. The van der Waals surface area contributed by atoms with Gasteiger partial charge in [-0.15, -0.1) is 0 Å². The fourth-order valence-electron chi connectivity index (χ4n) is 2.68. The van der Waals surface area contributed by atoms with E-state index in [-0.39, 0.29) is 31.3 Å². The Morgan fingerprint density at radius 3 is 1.97 bits per heavy atom. The van der Waals surface area contributed by atoms with Gasteiger partial charge in [0.25, 0.3) is 5.91 Å². The van der Waals surface area contributed by atoms with Crippen LogP contribution in [0.15, 0.2) is 48.5 Å². The normalized spacial score (nSPS) is 10.3. The van der Waals surface area contributed by atoms with Gasteiger partial charge in [0.2, 0.25) is 5.91 Å². The first-order chi connectivity index (χ1) is 15.8. The molecule has 176 valence electrons. The van der Waals surface area contributed by atoms with Crippen LogP contribution in [-0.2, 0) is 23.9 Å². The number of carbonyl (C=O) groups is 4. The zero-order valence-corrected chi connectivity index (χ0v) is 18.9. The summed E-state index contributed by atoms with van der Waals surface area (Å²) in [7, 11) is 1.54. The zero-order valence-electron chi connectivity index (χ0n) is 18.9. The molecule has 0 aromatic heterocycles. The highest BCUT2D eigenvalue weighted by Gasteiger charge is 2.11. The van der Waals surface area contributed by atoms with E-state index in [1.807, 2.05) is 0 Å². The van der Waals surface area contributed by atoms with E-state index in [0.29, 0.717) is 22.7 Å². The highest BCUT2D eigenvalue weighted by molar-refractivity contribution is 5.94. The van der Waals surface area contributed by atoms with E-state index in [0.717, 1.165) is 0 Å². The molecule has 0 saturated heterocycles. The van der Waals surface area contributed by atoms with Crippen molar-refractivity contribution in [2.24, 2.45) is 0 Å². The van der Waals surface area contributed by atoms with E-state index in [9.17, 15) is 19.2 Å². The summed E-state index contributed by atoms with van der Waals surface area (Å²) < 4.78 is 15.1. The van der Waals surface area contributed by atoms with Crippen LogP contribution in [0.2, 0.25) is 0 Å². The number of ether oxygens (including phenoxy) is 3. The first-order valence-electron chi connectivity index (χ1n) is 10.5. The van der Waals surface area contributed by atoms with Crippen molar-refractivity contribution in [3.05, 3.63) is 54.1 Å². The third kappa shape index (κ3) is 9.42. The average molecular weight is 456 g/mol. The highest BCUT2D eigenvalue weighted by atomic mass is 16.5. The molecule has 0 heterocycles. The van der Waals surface area contributed by atoms with Crippen LogP contribution in [0.25, 0.3) is 0 Å². The molecule has 0 fully saturated rings. The quantitative estimate of drug-likeness (QED) is 0.496. The Bertz CT molecular complexity index is 954. The Hall–Kier alpha value is -3.88.